The van der Waals surface area contributed by atoms with E-state index in [0.717, 1.165) is 11.4 Å². The minimum absolute atomic E-state index is 0.112. The van der Waals surface area contributed by atoms with Crippen LogP contribution in [-0.2, 0) is 0 Å². The SMILES string of the molecule is Cc1ccc(-n2c(C)cc(C(=O)C(C)Cl)c2C)cc1F. The van der Waals surface area contributed by atoms with Crippen molar-refractivity contribution in [2.24, 2.45) is 0 Å². The molecule has 1 atom stereocenters. The lowest BCUT2D eigenvalue weighted by Gasteiger charge is -2.11. The van der Waals surface area contributed by atoms with E-state index in [1.54, 1.807) is 26.0 Å². The lowest BCUT2D eigenvalue weighted by Crippen LogP contribution is -2.11. The van der Waals surface area contributed by atoms with Gasteiger partial charge in [0.1, 0.15) is 5.82 Å². The highest BCUT2D eigenvalue weighted by atomic mass is 35.5. The summed E-state index contributed by atoms with van der Waals surface area (Å²) in [7, 11) is 0. The van der Waals surface area contributed by atoms with Crippen molar-refractivity contribution in [2.75, 3.05) is 0 Å². The van der Waals surface area contributed by atoms with Gasteiger partial charge in [0.25, 0.3) is 0 Å². The molecular weight excluding hydrogens is 277 g/mol. The van der Waals surface area contributed by atoms with Crippen LogP contribution in [0.3, 0.4) is 0 Å². The Morgan fingerprint density at radius 2 is 1.90 bits per heavy atom. The third kappa shape index (κ3) is 2.50. The van der Waals surface area contributed by atoms with Gasteiger partial charge in [-0.2, -0.15) is 0 Å². The number of rotatable bonds is 3. The van der Waals surface area contributed by atoms with Gasteiger partial charge < -0.3 is 4.57 Å². The molecule has 0 radical (unpaired) electrons. The molecule has 0 N–H and O–H groups in total. The molecule has 2 rings (SSSR count). The predicted octanol–water partition coefficient (Wildman–Crippen LogP) is 4.35. The number of benzene rings is 1. The van der Waals surface area contributed by atoms with Crippen molar-refractivity contribution < 1.29 is 9.18 Å². The molecule has 0 aliphatic carbocycles. The molecule has 4 heteroatoms. The molecule has 1 aromatic carbocycles. The van der Waals surface area contributed by atoms with Crippen LogP contribution >= 0.6 is 11.6 Å². The van der Waals surface area contributed by atoms with Crippen LogP contribution in [-0.4, -0.2) is 15.7 Å². The lowest BCUT2D eigenvalue weighted by atomic mass is 10.1. The van der Waals surface area contributed by atoms with Crippen LogP contribution in [0.15, 0.2) is 24.3 Å². The maximum absolute atomic E-state index is 13.7. The fourth-order valence-electron chi connectivity index (χ4n) is 2.34. The van der Waals surface area contributed by atoms with E-state index in [9.17, 15) is 9.18 Å². The molecule has 0 saturated carbocycles. The summed E-state index contributed by atoms with van der Waals surface area (Å²) in [5.74, 6) is -0.368. The van der Waals surface area contributed by atoms with E-state index in [-0.39, 0.29) is 11.6 Å². The second-order valence-electron chi connectivity index (χ2n) is 5.03. The zero-order chi connectivity index (χ0) is 15.0. The molecule has 0 amide bonds. The number of Topliss-reactive ketones (excluding diaryl/α,β-unsaturated/α-hetero) is 1. The minimum atomic E-state index is -0.571. The van der Waals surface area contributed by atoms with Crippen molar-refractivity contribution in [1.29, 1.82) is 0 Å². The molecule has 0 aliphatic rings. The Hall–Kier alpha value is -1.61. The van der Waals surface area contributed by atoms with Gasteiger partial charge in [-0.15, -0.1) is 11.6 Å². The summed E-state index contributed by atoms with van der Waals surface area (Å²) < 4.78 is 15.6. The highest BCUT2D eigenvalue weighted by molar-refractivity contribution is 6.33. The Balaban J connectivity index is 2.58. The molecule has 20 heavy (non-hydrogen) atoms. The van der Waals surface area contributed by atoms with Crippen LogP contribution in [0.1, 0.15) is 34.2 Å². The first kappa shape index (κ1) is 14.8. The Labute approximate surface area is 123 Å². The molecule has 106 valence electrons. The normalized spacial score (nSPS) is 12.5. The lowest BCUT2D eigenvalue weighted by molar-refractivity contribution is 0.0991. The number of carbonyl (C=O) groups excluding carboxylic acids is 1. The molecule has 0 spiro atoms. The van der Waals surface area contributed by atoms with Gasteiger partial charge in [0, 0.05) is 22.6 Å². The second-order valence-corrected chi connectivity index (χ2v) is 5.69. The van der Waals surface area contributed by atoms with Gasteiger partial charge in [0.15, 0.2) is 5.78 Å². The van der Waals surface area contributed by atoms with E-state index in [1.165, 1.54) is 6.07 Å². The van der Waals surface area contributed by atoms with Crippen molar-refractivity contribution in [2.45, 2.75) is 33.1 Å². The molecule has 0 fully saturated rings. The number of hydrogen-bond acceptors (Lipinski definition) is 1. The van der Waals surface area contributed by atoms with Crippen molar-refractivity contribution in [3.05, 3.63) is 52.6 Å². The topological polar surface area (TPSA) is 22.0 Å². The summed E-state index contributed by atoms with van der Waals surface area (Å²) in [5.41, 5.74) is 3.56. The Bertz CT molecular complexity index is 673. The summed E-state index contributed by atoms with van der Waals surface area (Å²) in [5, 5.41) is -0.571. The molecule has 1 heterocycles. The quantitative estimate of drug-likeness (QED) is 0.609. The summed E-state index contributed by atoms with van der Waals surface area (Å²) >= 11 is 5.87. The average molecular weight is 294 g/mol. The van der Waals surface area contributed by atoms with Crippen molar-refractivity contribution >= 4 is 17.4 Å². The first-order valence-electron chi connectivity index (χ1n) is 6.46. The summed E-state index contributed by atoms with van der Waals surface area (Å²) in [6.45, 7) is 7.11. The zero-order valence-electron chi connectivity index (χ0n) is 12.0. The van der Waals surface area contributed by atoms with E-state index in [4.69, 9.17) is 11.6 Å². The molecule has 1 aromatic heterocycles. The highest BCUT2D eigenvalue weighted by Crippen LogP contribution is 2.24. The number of alkyl halides is 1. The maximum Gasteiger partial charge on any atom is 0.182 e. The summed E-state index contributed by atoms with van der Waals surface area (Å²) in [4.78, 5) is 12.1. The molecule has 1 unspecified atom stereocenters. The zero-order valence-corrected chi connectivity index (χ0v) is 12.8. The highest BCUT2D eigenvalue weighted by Gasteiger charge is 2.20. The average Bonchev–Trinajstić information content (AvgIpc) is 2.67. The predicted molar refractivity (Wildman–Crippen MR) is 79.6 cm³/mol. The van der Waals surface area contributed by atoms with Gasteiger partial charge in [-0.1, -0.05) is 6.07 Å². The van der Waals surface area contributed by atoms with Crippen molar-refractivity contribution in [3.63, 3.8) is 0 Å². The number of aromatic nitrogens is 1. The minimum Gasteiger partial charge on any atom is -0.318 e. The first-order chi connectivity index (χ1) is 9.32. The van der Waals surface area contributed by atoms with Gasteiger partial charge in [0.05, 0.1) is 5.38 Å². The number of nitrogens with zero attached hydrogens (tertiary/aromatic N) is 1. The van der Waals surface area contributed by atoms with Gasteiger partial charge in [-0.25, -0.2) is 4.39 Å². The van der Waals surface area contributed by atoms with Gasteiger partial charge in [0.2, 0.25) is 0 Å². The van der Waals surface area contributed by atoms with Crippen LogP contribution in [0.25, 0.3) is 5.69 Å². The molecule has 0 saturated heterocycles. The molecule has 0 aliphatic heterocycles. The fourth-order valence-corrected chi connectivity index (χ4v) is 2.46. The Morgan fingerprint density at radius 3 is 2.45 bits per heavy atom. The number of carbonyl (C=O) groups is 1. The van der Waals surface area contributed by atoms with Gasteiger partial charge >= 0.3 is 0 Å². The number of halogens is 2. The maximum atomic E-state index is 13.7. The molecule has 0 bridgehead atoms. The van der Waals surface area contributed by atoms with Gasteiger partial charge in [-0.3, -0.25) is 4.79 Å². The van der Waals surface area contributed by atoms with Crippen LogP contribution in [0.5, 0.6) is 0 Å². The van der Waals surface area contributed by atoms with Crippen molar-refractivity contribution in [1.82, 2.24) is 4.57 Å². The largest absolute Gasteiger partial charge is 0.318 e. The first-order valence-corrected chi connectivity index (χ1v) is 6.90. The molecule has 2 aromatic rings. The van der Waals surface area contributed by atoms with Crippen LogP contribution in [0.2, 0.25) is 0 Å². The van der Waals surface area contributed by atoms with E-state index in [1.807, 2.05) is 24.5 Å². The van der Waals surface area contributed by atoms with Crippen LogP contribution in [0, 0.1) is 26.6 Å². The van der Waals surface area contributed by atoms with Gasteiger partial charge in [-0.05, 0) is 51.5 Å². The Morgan fingerprint density at radius 1 is 1.25 bits per heavy atom. The van der Waals surface area contributed by atoms with E-state index >= 15 is 0 Å². The molecular formula is C16H17ClFNO. The monoisotopic (exact) mass is 293 g/mol. The fraction of sp³-hybridized carbons (Fsp3) is 0.312. The van der Waals surface area contributed by atoms with Crippen LogP contribution < -0.4 is 0 Å². The van der Waals surface area contributed by atoms with E-state index < -0.39 is 5.38 Å². The number of aryl methyl sites for hydroxylation is 2. The third-order valence-corrected chi connectivity index (χ3v) is 3.67. The number of hydrogen-bond donors (Lipinski definition) is 0. The van der Waals surface area contributed by atoms with E-state index in [0.29, 0.717) is 16.8 Å². The van der Waals surface area contributed by atoms with Crippen molar-refractivity contribution in [3.8, 4) is 5.69 Å². The molecule has 2 nitrogen and oxygen atoms in total. The van der Waals surface area contributed by atoms with E-state index in [2.05, 4.69) is 0 Å². The van der Waals surface area contributed by atoms with Crippen LogP contribution in [0.4, 0.5) is 4.39 Å². The summed E-state index contributed by atoms with van der Waals surface area (Å²) in [6.07, 6.45) is 0. The third-order valence-electron chi connectivity index (χ3n) is 3.47. The Kier molecular flexibility index (Phi) is 4.00. The second kappa shape index (κ2) is 5.41. The smallest absolute Gasteiger partial charge is 0.182 e. The summed E-state index contributed by atoms with van der Waals surface area (Å²) in [6, 6.07) is 6.86. The standard InChI is InChI=1S/C16H17ClFNO/c1-9-5-6-13(8-15(9)18)19-10(2)7-14(12(19)4)16(20)11(3)17/h5-8,11H,1-4H3. The number of ketones is 1.